The molecular weight excluding hydrogens is 197 g/mol. The van der Waals surface area contributed by atoms with Crippen LogP contribution in [0.2, 0.25) is 0 Å². The quantitative estimate of drug-likeness (QED) is 0.700. The summed E-state index contributed by atoms with van der Waals surface area (Å²) in [5.41, 5.74) is 0.792. The minimum Gasteiger partial charge on any atom is -0.466 e. The summed E-state index contributed by atoms with van der Waals surface area (Å²) in [4.78, 5) is 14.9. The highest BCUT2D eigenvalue weighted by Gasteiger charge is 2.02. The van der Waals surface area contributed by atoms with E-state index in [-0.39, 0.29) is 11.8 Å². The van der Waals surface area contributed by atoms with Gasteiger partial charge in [-0.05, 0) is 31.9 Å². The fourth-order valence-corrected chi connectivity index (χ4v) is 1.20. The zero-order chi connectivity index (χ0) is 11.1. The van der Waals surface area contributed by atoms with Crippen molar-refractivity contribution in [1.29, 1.82) is 0 Å². The molecule has 0 aromatic carbocycles. The molecule has 0 fully saturated rings. The number of nitrogens with zero attached hydrogens (tertiary/aromatic N) is 1. The third kappa shape index (κ3) is 4.54. The van der Waals surface area contributed by atoms with Gasteiger partial charge >= 0.3 is 5.97 Å². The lowest BCUT2D eigenvalue weighted by Crippen LogP contribution is -2.04. The molecular formula is C11H14FNO2. The van der Waals surface area contributed by atoms with Gasteiger partial charge in [-0.2, -0.15) is 0 Å². The summed E-state index contributed by atoms with van der Waals surface area (Å²) in [6, 6.07) is 2.99. The molecule has 0 aliphatic heterocycles. The fourth-order valence-electron chi connectivity index (χ4n) is 1.20. The summed E-state index contributed by atoms with van der Waals surface area (Å²) < 4.78 is 17.3. The Morgan fingerprint density at radius 3 is 2.93 bits per heavy atom. The van der Waals surface area contributed by atoms with E-state index in [9.17, 15) is 9.18 Å². The average Bonchev–Trinajstić information content (AvgIpc) is 2.21. The first kappa shape index (κ1) is 11.6. The van der Waals surface area contributed by atoms with Gasteiger partial charge < -0.3 is 4.74 Å². The second-order valence-electron chi connectivity index (χ2n) is 3.13. The highest BCUT2D eigenvalue weighted by molar-refractivity contribution is 5.69. The summed E-state index contributed by atoms with van der Waals surface area (Å²) in [5.74, 6) is -0.538. The molecule has 0 unspecified atom stereocenters. The van der Waals surface area contributed by atoms with Crippen LogP contribution in [-0.4, -0.2) is 17.6 Å². The van der Waals surface area contributed by atoms with E-state index in [0.29, 0.717) is 25.9 Å². The lowest BCUT2D eigenvalue weighted by atomic mass is 10.2. The predicted octanol–water partition coefficient (Wildman–Crippen LogP) is 2.11. The van der Waals surface area contributed by atoms with Crippen molar-refractivity contribution in [2.24, 2.45) is 0 Å². The predicted molar refractivity (Wildman–Crippen MR) is 53.8 cm³/mol. The molecule has 1 rings (SSSR count). The number of carbonyl (C=O) groups is 1. The number of ether oxygens (including phenoxy) is 1. The van der Waals surface area contributed by atoms with Crippen molar-refractivity contribution in [2.75, 3.05) is 6.61 Å². The molecule has 0 atom stereocenters. The maximum absolute atomic E-state index is 12.5. The van der Waals surface area contributed by atoms with Gasteiger partial charge in [0.05, 0.1) is 12.8 Å². The lowest BCUT2D eigenvalue weighted by molar-refractivity contribution is -0.143. The molecule has 0 bridgehead atoms. The van der Waals surface area contributed by atoms with Crippen LogP contribution in [0.1, 0.15) is 25.5 Å². The highest BCUT2D eigenvalue weighted by atomic mass is 19.1. The van der Waals surface area contributed by atoms with Crippen LogP contribution in [0.5, 0.6) is 0 Å². The Bertz CT molecular complexity index is 311. The van der Waals surface area contributed by atoms with E-state index in [2.05, 4.69) is 4.98 Å². The van der Waals surface area contributed by atoms with Gasteiger partial charge in [-0.25, -0.2) is 4.39 Å². The molecule has 1 aromatic rings. The molecule has 82 valence electrons. The molecule has 0 N–H and O–H groups in total. The summed E-state index contributed by atoms with van der Waals surface area (Å²) in [5, 5.41) is 0. The summed E-state index contributed by atoms with van der Waals surface area (Å²) in [7, 11) is 0. The number of pyridine rings is 1. The number of rotatable bonds is 5. The van der Waals surface area contributed by atoms with Crippen molar-refractivity contribution >= 4 is 5.97 Å². The molecule has 0 aliphatic rings. The van der Waals surface area contributed by atoms with Crippen molar-refractivity contribution in [3.8, 4) is 0 Å². The number of aromatic nitrogens is 1. The molecule has 0 saturated heterocycles. The Morgan fingerprint density at radius 2 is 2.33 bits per heavy atom. The third-order valence-corrected chi connectivity index (χ3v) is 1.91. The van der Waals surface area contributed by atoms with Crippen molar-refractivity contribution in [3.05, 3.63) is 29.8 Å². The van der Waals surface area contributed by atoms with Crippen molar-refractivity contribution in [2.45, 2.75) is 26.2 Å². The summed E-state index contributed by atoms with van der Waals surface area (Å²) in [6.45, 7) is 2.19. The van der Waals surface area contributed by atoms with Crippen molar-refractivity contribution in [1.82, 2.24) is 4.98 Å². The van der Waals surface area contributed by atoms with Gasteiger partial charge in [0.1, 0.15) is 5.82 Å². The van der Waals surface area contributed by atoms with E-state index in [4.69, 9.17) is 4.74 Å². The number of halogens is 1. The lowest BCUT2D eigenvalue weighted by Gasteiger charge is -2.01. The molecule has 15 heavy (non-hydrogen) atoms. The topological polar surface area (TPSA) is 39.2 Å². The van der Waals surface area contributed by atoms with Crippen LogP contribution in [0.25, 0.3) is 0 Å². The first-order valence-electron chi connectivity index (χ1n) is 4.98. The van der Waals surface area contributed by atoms with Crippen molar-refractivity contribution < 1.29 is 13.9 Å². The van der Waals surface area contributed by atoms with E-state index in [0.717, 1.165) is 5.69 Å². The first-order valence-corrected chi connectivity index (χ1v) is 4.98. The molecule has 1 aromatic heterocycles. The standard InChI is InChI=1S/C11H14FNO2/c1-2-15-11(14)5-3-4-10-7-6-9(12)8-13-10/h6-8H,2-5H2,1H3. The first-order chi connectivity index (χ1) is 7.22. The molecule has 3 nitrogen and oxygen atoms in total. The Morgan fingerprint density at radius 1 is 1.53 bits per heavy atom. The molecule has 0 aliphatic carbocycles. The Balaban J connectivity index is 2.26. The number of carbonyl (C=O) groups excluding carboxylic acids is 1. The summed E-state index contributed by atoms with van der Waals surface area (Å²) in [6.07, 6.45) is 2.91. The van der Waals surface area contributed by atoms with Gasteiger partial charge in [-0.15, -0.1) is 0 Å². The summed E-state index contributed by atoms with van der Waals surface area (Å²) >= 11 is 0. The van der Waals surface area contributed by atoms with Gasteiger partial charge in [0, 0.05) is 12.1 Å². The smallest absolute Gasteiger partial charge is 0.305 e. The third-order valence-electron chi connectivity index (χ3n) is 1.91. The fraction of sp³-hybridized carbons (Fsp3) is 0.455. The van der Waals surface area contributed by atoms with Crippen molar-refractivity contribution in [3.63, 3.8) is 0 Å². The van der Waals surface area contributed by atoms with Gasteiger partial charge in [-0.3, -0.25) is 9.78 Å². The van der Waals surface area contributed by atoms with Crippen LogP contribution in [0.15, 0.2) is 18.3 Å². The van der Waals surface area contributed by atoms with E-state index in [1.54, 1.807) is 13.0 Å². The second kappa shape index (κ2) is 6.11. The van der Waals surface area contributed by atoms with Crippen LogP contribution < -0.4 is 0 Å². The number of aryl methyl sites for hydroxylation is 1. The zero-order valence-corrected chi connectivity index (χ0v) is 8.70. The van der Waals surface area contributed by atoms with Crippen LogP contribution in [0.3, 0.4) is 0 Å². The molecule has 4 heteroatoms. The molecule has 1 heterocycles. The monoisotopic (exact) mass is 211 g/mol. The number of hydrogen-bond acceptors (Lipinski definition) is 3. The van der Waals surface area contributed by atoms with Gasteiger partial charge in [0.25, 0.3) is 0 Å². The minimum absolute atomic E-state index is 0.195. The SMILES string of the molecule is CCOC(=O)CCCc1ccc(F)cn1. The molecule has 0 radical (unpaired) electrons. The largest absolute Gasteiger partial charge is 0.466 e. The number of esters is 1. The maximum atomic E-state index is 12.5. The maximum Gasteiger partial charge on any atom is 0.305 e. The van der Waals surface area contributed by atoms with Crippen LogP contribution in [-0.2, 0) is 16.0 Å². The van der Waals surface area contributed by atoms with Crippen LogP contribution >= 0.6 is 0 Å². The Hall–Kier alpha value is -1.45. The molecule has 0 amide bonds. The number of hydrogen-bond donors (Lipinski definition) is 0. The second-order valence-corrected chi connectivity index (χ2v) is 3.13. The van der Waals surface area contributed by atoms with Crippen LogP contribution in [0.4, 0.5) is 4.39 Å². The van der Waals surface area contributed by atoms with Gasteiger partial charge in [0.2, 0.25) is 0 Å². The molecule has 0 spiro atoms. The average molecular weight is 211 g/mol. The highest BCUT2D eigenvalue weighted by Crippen LogP contribution is 2.04. The van der Waals surface area contributed by atoms with Gasteiger partial charge in [-0.1, -0.05) is 0 Å². The Kier molecular flexibility index (Phi) is 4.74. The van der Waals surface area contributed by atoms with E-state index >= 15 is 0 Å². The van der Waals surface area contributed by atoms with E-state index in [1.807, 2.05) is 0 Å². The minimum atomic E-state index is -0.343. The van der Waals surface area contributed by atoms with Crippen LogP contribution in [0, 0.1) is 5.82 Å². The van der Waals surface area contributed by atoms with Gasteiger partial charge in [0.15, 0.2) is 0 Å². The normalized spacial score (nSPS) is 10.0. The zero-order valence-electron chi connectivity index (χ0n) is 8.70. The van der Waals surface area contributed by atoms with E-state index < -0.39 is 0 Å². The molecule has 0 saturated carbocycles. The Labute approximate surface area is 88.3 Å². The van der Waals surface area contributed by atoms with E-state index in [1.165, 1.54) is 12.3 Å².